The zero-order valence-electron chi connectivity index (χ0n) is 17.8. The van der Waals surface area contributed by atoms with Crippen LogP contribution in [0, 0.1) is 0 Å². The van der Waals surface area contributed by atoms with Gasteiger partial charge in [0, 0.05) is 39.5 Å². The second-order valence-corrected chi connectivity index (χ2v) is 8.25. The summed E-state index contributed by atoms with van der Waals surface area (Å²) in [5, 5.41) is 10.2. The first kappa shape index (κ1) is 20.1. The van der Waals surface area contributed by atoms with Crippen LogP contribution in [0.1, 0.15) is 50.0 Å². The molecule has 1 fully saturated rings. The molecule has 2 aliphatic rings. The number of aliphatic hydroxyl groups excluding tert-OH is 1. The highest BCUT2D eigenvalue weighted by atomic mass is 16.5. The number of aromatic nitrogens is 2. The molecular weight excluding hydrogens is 366 g/mol. The molecule has 1 saturated heterocycles. The molecule has 1 aromatic carbocycles. The molecule has 1 N–H and O–H groups in total. The number of imidazole rings is 1. The summed E-state index contributed by atoms with van der Waals surface area (Å²) in [6.07, 6.45) is 5.51. The lowest BCUT2D eigenvalue weighted by atomic mass is 9.99. The monoisotopic (exact) mass is 397 g/mol. The Bertz CT molecular complexity index is 940. The fourth-order valence-corrected chi connectivity index (χ4v) is 4.44. The number of benzene rings is 1. The van der Waals surface area contributed by atoms with Gasteiger partial charge in [-0.1, -0.05) is 6.07 Å². The number of aliphatic hydroxyl groups is 1. The van der Waals surface area contributed by atoms with Crippen molar-refractivity contribution in [2.75, 3.05) is 34.0 Å². The van der Waals surface area contributed by atoms with Gasteiger partial charge in [-0.05, 0) is 61.6 Å². The molecule has 1 unspecified atom stereocenters. The van der Waals surface area contributed by atoms with Crippen LogP contribution in [0.25, 0.3) is 16.6 Å². The molecule has 2 aromatic rings. The fourth-order valence-electron chi connectivity index (χ4n) is 4.44. The van der Waals surface area contributed by atoms with E-state index in [1.165, 1.54) is 0 Å². The van der Waals surface area contributed by atoms with Crippen LogP contribution >= 0.6 is 0 Å². The molecule has 29 heavy (non-hydrogen) atoms. The molecule has 156 valence electrons. The predicted molar refractivity (Wildman–Crippen MR) is 115 cm³/mol. The van der Waals surface area contributed by atoms with Crippen molar-refractivity contribution in [1.82, 2.24) is 14.5 Å². The highest BCUT2D eigenvalue weighted by Crippen LogP contribution is 2.34. The van der Waals surface area contributed by atoms with Crippen LogP contribution in [-0.4, -0.2) is 59.8 Å². The van der Waals surface area contributed by atoms with E-state index in [4.69, 9.17) is 14.5 Å². The van der Waals surface area contributed by atoms with Gasteiger partial charge in [0.15, 0.2) is 0 Å². The van der Waals surface area contributed by atoms with Crippen molar-refractivity contribution >= 4 is 16.6 Å². The lowest BCUT2D eigenvalue weighted by Gasteiger charge is -2.28. The maximum atomic E-state index is 10.2. The van der Waals surface area contributed by atoms with Crippen molar-refractivity contribution in [3.8, 4) is 0 Å². The molecule has 2 aliphatic heterocycles. The Kier molecular flexibility index (Phi) is 5.76. The van der Waals surface area contributed by atoms with Crippen LogP contribution in [0.5, 0.6) is 0 Å². The van der Waals surface area contributed by atoms with E-state index in [9.17, 15) is 5.11 Å². The van der Waals surface area contributed by atoms with E-state index in [2.05, 4.69) is 35.8 Å². The molecule has 2 atom stereocenters. The maximum absolute atomic E-state index is 10.2. The van der Waals surface area contributed by atoms with E-state index in [0.717, 1.165) is 59.6 Å². The number of methoxy groups -OCH3 is 1. The second-order valence-electron chi connectivity index (χ2n) is 8.25. The van der Waals surface area contributed by atoms with Crippen molar-refractivity contribution < 1.29 is 14.6 Å². The minimum absolute atomic E-state index is 0.195. The van der Waals surface area contributed by atoms with Crippen molar-refractivity contribution in [1.29, 1.82) is 0 Å². The molecule has 0 bridgehead atoms. The summed E-state index contributed by atoms with van der Waals surface area (Å²) in [6, 6.07) is 6.65. The van der Waals surface area contributed by atoms with Crippen LogP contribution < -0.4 is 0 Å². The summed E-state index contributed by atoms with van der Waals surface area (Å²) in [6.45, 7) is 6.38. The fraction of sp³-hybridized carbons (Fsp3) is 0.522. The normalized spacial score (nSPS) is 22.0. The van der Waals surface area contributed by atoms with Crippen molar-refractivity contribution in [3.05, 3.63) is 47.4 Å². The van der Waals surface area contributed by atoms with Gasteiger partial charge in [-0.2, -0.15) is 0 Å². The summed E-state index contributed by atoms with van der Waals surface area (Å²) < 4.78 is 13.4. The number of rotatable bonds is 5. The molecule has 0 spiro atoms. The number of nitrogens with zero attached hydrogens (tertiary/aromatic N) is 3. The van der Waals surface area contributed by atoms with Gasteiger partial charge in [0.25, 0.3) is 0 Å². The average Bonchev–Trinajstić information content (AvgIpc) is 3.11. The molecule has 0 saturated carbocycles. The third-order valence-corrected chi connectivity index (χ3v) is 6.00. The maximum Gasteiger partial charge on any atom is 0.148 e. The third-order valence-electron chi connectivity index (χ3n) is 6.00. The Balaban J connectivity index is 1.81. The summed E-state index contributed by atoms with van der Waals surface area (Å²) in [4.78, 5) is 6.87. The topological polar surface area (TPSA) is 59.8 Å². The lowest BCUT2D eigenvalue weighted by molar-refractivity contribution is 0.0817. The number of ether oxygens (including phenoxy) is 2. The van der Waals surface area contributed by atoms with Crippen LogP contribution in [0.4, 0.5) is 0 Å². The zero-order valence-corrected chi connectivity index (χ0v) is 17.8. The number of fused-ring (bicyclic) bond motifs is 1. The quantitative estimate of drug-likeness (QED) is 0.834. The number of hydrogen-bond acceptors (Lipinski definition) is 5. The van der Waals surface area contributed by atoms with Gasteiger partial charge in [-0.15, -0.1) is 0 Å². The van der Waals surface area contributed by atoms with Crippen LogP contribution in [0.15, 0.2) is 36.0 Å². The van der Waals surface area contributed by atoms with E-state index >= 15 is 0 Å². The Hall–Kier alpha value is -2.15. The summed E-state index contributed by atoms with van der Waals surface area (Å²) in [5.74, 6) is 1.55. The standard InChI is InChI=1S/C23H31N3O3/c1-15-11-19(13-25(3)23(15)27)18-5-6-20-21(12-18)26(16(2)14-28-4)22(24-20)17-7-9-29-10-8-17/h5-6,11-13,16-17,23,27H,7-10,14H2,1-4H3/t16-,23?/m0/s1. The predicted octanol–water partition coefficient (Wildman–Crippen LogP) is 3.69. The minimum Gasteiger partial charge on any atom is -0.383 e. The average molecular weight is 398 g/mol. The van der Waals surface area contributed by atoms with E-state index in [0.29, 0.717) is 12.5 Å². The summed E-state index contributed by atoms with van der Waals surface area (Å²) >= 11 is 0. The van der Waals surface area contributed by atoms with Crippen molar-refractivity contribution in [3.63, 3.8) is 0 Å². The highest BCUT2D eigenvalue weighted by molar-refractivity contribution is 5.85. The van der Waals surface area contributed by atoms with Crippen molar-refractivity contribution in [2.24, 2.45) is 0 Å². The molecular formula is C23H31N3O3. The van der Waals surface area contributed by atoms with E-state index < -0.39 is 6.23 Å². The van der Waals surface area contributed by atoms with Gasteiger partial charge < -0.3 is 24.0 Å². The Labute approximate surface area is 172 Å². The first-order valence-corrected chi connectivity index (χ1v) is 10.4. The Morgan fingerprint density at radius 3 is 2.76 bits per heavy atom. The van der Waals surface area contributed by atoms with Crippen LogP contribution in [0.2, 0.25) is 0 Å². The van der Waals surface area contributed by atoms with E-state index in [1.807, 2.05) is 25.1 Å². The molecule has 6 nitrogen and oxygen atoms in total. The molecule has 1 aromatic heterocycles. The van der Waals surface area contributed by atoms with Gasteiger partial charge in [-0.25, -0.2) is 4.98 Å². The largest absolute Gasteiger partial charge is 0.383 e. The van der Waals surface area contributed by atoms with Gasteiger partial charge in [0.1, 0.15) is 12.1 Å². The summed E-state index contributed by atoms with van der Waals surface area (Å²) in [5.41, 5.74) is 5.31. The van der Waals surface area contributed by atoms with Crippen LogP contribution in [0.3, 0.4) is 0 Å². The second kappa shape index (κ2) is 8.30. The summed E-state index contributed by atoms with van der Waals surface area (Å²) in [7, 11) is 3.64. The van der Waals surface area contributed by atoms with Gasteiger partial charge in [0.2, 0.25) is 0 Å². The third kappa shape index (κ3) is 3.84. The van der Waals surface area contributed by atoms with Gasteiger partial charge in [-0.3, -0.25) is 0 Å². The van der Waals surface area contributed by atoms with E-state index in [-0.39, 0.29) is 6.04 Å². The molecule has 4 rings (SSSR count). The molecule has 0 radical (unpaired) electrons. The first-order chi connectivity index (χ1) is 14.0. The Morgan fingerprint density at radius 2 is 2.07 bits per heavy atom. The Morgan fingerprint density at radius 1 is 1.31 bits per heavy atom. The molecule has 3 heterocycles. The lowest BCUT2D eigenvalue weighted by Crippen LogP contribution is -2.30. The first-order valence-electron chi connectivity index (χ1n) is 10.4. The smallest absolute Gasteiger partial charge is 0.148 e. The number of allylic oxidation sites excluding steroid dienone is 2. The highest BCUT2D eigenvalue weighted by Gasteiger charge is 2.25. The SMILES string of the molecule is COC[C@H](C)n1c(C2CCOCC2)nc2ccc(C3=CN(C)C(O)C(C)=C3)cc21. The van der Waals surface area contributed by atoms with Gasteiger partial charge >= 0.3 is 0 Å². The minimum atomic E-state index is -0.560. The zero-order chi connectivity index (χ0) is 20.5. The van der Waals surface area contributed by atoms with Gasteiger partial charge in [0.05, 0.1) is 23.7 Å². The number of likely N-dealkylation sites (N-methyl/N-ethyl adjacent to an activating group) is 1. The van der Waals surface area contributed by atoms with E-state index in [1.54, 1.807) is 7.11 Å². The van der Waals surface area contributed by atoms with Crippen molar-refractivity contribution in [2.45, 2.75) is 44.9 Å². The van der Waals surface area contributed by atoms with Crippen LogP contribution in [-0.2, 0) is 9.47 Å². The molecule has 6 heteroatoms. The molecule has 0 aliphatic carbocycles. The molecule has 0 amide bonds. The number of hydrogen-bond donors (Lipinski definition) is 1.